The number of carbonyl (C=O) groups is 1. The van der Waals surface area contributed by atoms with E-state index in [9.17, 15) is 14.4 Å². The molecular formula is C22H24N4O3. The van der Waals surface area contributed by atoms with Gasteiger partial charge in [0.25, 0.3) is 11.5 Å². The van der Waals surface area contributed by atoms with Gasteiger partial charge in [0.15, 0.2) is 0 Å². The normalized spacial score (nSPS) is 15.0. The highest BCUT2D eigenvalue weighted by atomic mass is 16.2. The summed E-state index contributed by atoms with van der Waals surface area (Å²) in [7, 11) is 3.15. The maximum atomic E-state index is 12.9. The summed E-state index contributed by atoms with van der Waals surface area (Å²) < 4.78 is 2.61. The number of fused-ring (bicyclic) bond motifs is 1. The molecule has 1 aliphatic rings. The Balaban J connectivity index is 1.43. The predicted octanol–water partition coefficient (Wildman–Crippen LogP) is 1.20. The third kappa shape index (κ3) is 3.73. The number of rotatable bonds is 3. The monoisotopic (exact) mass is 392 g/mol. The molecule has 150 valence electrons. The molecule has 0 unspecified atom stereocenters. The number of piperazine rings is 1. The van der Waals surface area contributed by atoms with Gasteiger partial charge >= 0.3 is 5.69 Å². The van der Waals surface area contributed by atoms with Gasteiger partial charge in [-0.05, 0) is 22.9 Å². The van der Waals surface area contributed by atoms with Crippen LogP contribution < -0.4 is 11.2 Å². The van der Waals surface area contributed by atoms with Gasteiger partial charge in [0.2, 0.25) is 0 Å². The Hall–Kier alpha value is -3.19. The number of hydrogen-bond donors (Lipinski definition) is 0. The van der Waals surface area contributed by atoms with Gasteiger partial charge in [-0.2, -0.15) is 0 Å². The van der Waals surface area contributed by atoms with Crippen molar-refractivity contribution in [2.45, 2.75) is 6.54 Å². The van der Waals surface area contributed by atoms with Crippen LogP contribution in [0.25, 0.3) is 10.8 Å². The van der Waals surface area contributed by atoms with E-state index in [2.05, 4.69) is 4.90 Å². The molecule has 1 amide bonds. The summed E-state index contributed by atoms with van der Waals surface area (Å²) in [5.74, 6) is 0.0383. The van der Waals surface area contributed by atoms with Crippen LogP contribution in [0.2, 0.25) is 0 Å². The third-order valence-corrected chi connectivity index (χ3v) is 5.67. The molecule has 0 saturated carbocycles. The SMILES string of the molecule is Cn1c(CN2CCN(C(=O)c3ccc4ccccc4c3)CC2)cc(=O)n(C)c1=O. The molecule has 7 nitrogen and oxygen atoms in total. The average molecular weight is 392 g/mol. The zero-order valence-electron chi connectivity index (χ0n) is 16.7. The topological polar surface area (TPSA) is 67.5 Å². The Labute approximate surface area is 168 Å². The van der Waals surface area contributed by atoms with Crippen molar-refractivity contribution in [1.29, 1.82) is 0 Å². The van der Waals surface area contributed by atoms with Crippen molar-refractivity contribution >= 4 is 16.7 Å². The lowest BCUT2D eigenvalue weighted by Crippen LogP contribution is -2.49. The standard InChI is InChI=1S/C22H24N4O3/c1-23-19(14-20(27)24(2)22(23)29)15-25-9-11-26(12-10-25)21(28)18-8-7-16-5-3-4-6-17(16)13-18/h3-8,13-14H,9-12,15H2,1-2H3. The second-order valence-corrected chi connectivity index (χ2v) is 7.50. The molecule has 2 aromatic carbocycles. The van der Waals surface area contributed by atoms with Gasteiger partial charge in [-0.25, -0.2) is 4.79 Å². The van der Waals surface area contributed by atoms with E-state index < -0.39 is 0 Å². The molecule has 0 atom stereocenters. The summed E-state index contributed by atoms with van der Waals surface area (Å²) in [5, 5.41) is 2.18. The Morgan fingerprint density at radius 3 is 2.28 bits per heavy atom. The highest BCUT2D eigenvalue weighted by Crippen LogP contribution is 2.18. The second kappa shape index (κ2) is 7.67. The number of nitrogens with zero attached hydrogens (tertiary/aromatic N) is 4. The van der Waals surface area contributed by atoms with Gasteiger partial charge < -0.3 is 4.90 Å². The van der Waals surface area contributed by atoms with Crippen molar-refractivity contribution in [3.63, 3.8) is 0 Å². The minimum atomic E-state index is -0.322. The van der Waals surface area contributed by atoms with Crippen molar-refractivity contribution < 1.29 is 4.79 Å². The number of hydrogen-bond acceptors (Lipinski definition) is 4. The Morgan fingerprint density at radius 2 is 1.55 bits per heavy atom. The summed E-state index contributed by atoms with van der Waals surface area (Å²) in [6, 6.07) is 15.3. The summed E-state index contributed by atoms with van der Waals surface area (Å²) in [5.41, 5.74) is 0.768. The average Bonchev–Trinajstić information content (AvgIpc) is 2.75. The van der Waals surface area contributed by atoms with E-state index in [4.69, 9.17) is 0 Å². The van der Waals surface area contributed by atoms with E-state index in [1.54, 1.807) is 7.05 Å². The lowest BCUT2D eigenvalue weighted by Gasteiger charge is -2.35. The van der Waals surface area contributed by atoms with Crippen LogP contribution in [0.3, 0.4) is 0 Å². The van der Waals surface area contributed by atoms with Crippen molar-refractivity contribution in [2.75, 3.05) is 26.2 Å². The fourth-order valence-corrected chi connectivity index (χ4v) is 3.77. The lowest BCUT2D eigenvalue weighted by molar-refractivity contribution is 0.0625. The molecular weight excluding hydrogens is 368 g/mol. The number of aromatic nitrogens is 2. The van der Waals surface area contributed by atoms with Gasteiger partial charge in [-0.15, -0.1) is 0 Å². The van der Waals surface area contributed by atoms with Crippen molar-refractivity contribution in [3.8, 4) is 0 Å². The number of benzene rings is 2. The molecule has 0 spiro atoms. The van der Waals surface area contributed by atoms with E-state index >= 15 is 0 Å². The zero-order valence-corrected chi connectivity index (χ0v) is 16.7. The van der Waals surface area contributed by atoms with Gasteiger partial charge in [0.05, 0.1) is 0 Å². The summed E-state index contributed by atoms with van der Waals surface area (Å²) in [6.07, 6.45) is 0. The van der Waals surface area contributed by atoms with Gasteiger partial charge in [-0.3, -0.25) is 23.6 Å². The van der Waals surface area contributed by atoms with Crippen LogP contribution >= 0.6 is 0 Å². The van der Waals surface area contributed by atoms with Crippen LogP contribution in [0.4, 0.5) is 0 Å². The van der Waals surface area contributed by atoms with Crippen LogP contribution in [-0.4, -0.2) is 51.0 Å². The second-order valence-electron chi connectivity index (χ2n) is 7.50. The Morgan fingerprint density at radius 1 is 0.862 bits per heavy atom. The lowest BCUT2D eigenvalue weighted by atomic mass is 10.1. The number of carbonyl (C=O) groups excluding carboxylic acids is 1. The van der Waals surface area contributed by atoms with Crippen molar-refractivity contribution in [1.82, 2.24) is 18.9 Å². The highest BCUT2D eigenvalue weighted by Gasteiger charge is 2.23. The van der Waals surface area contributed by atoms with Crippen molar-refractivity contribution in [3.05, 3.63) is 80.6 Å². The van der Waals surface area contributed by atoms with E-state index in [0.717, 1.165) is 15.3 Å². The van der Waals surface area contributed by atoms with Gasteiger partial charge in [0.1, 0.15) is 0 Å². The summed E-state index contributed by atoms with van der Waals surface area (Å²) >= 11 is 0. The summed E-state index contributed by atoms with van der Waals surface area (Å²) in [4.78, 5) is 41.0. The first-order chi connectivity index (χ1) is 13.9. The van der Waals surface area contributed by atoms with Crippen LogP contribution in [0, 0.1) is 0 Å². The van der Waals surface area contributed by atoms with Crippen LogP contribution in [-0.2, 0) is 20.6 Å². The van der Waals surface area contributed by atoms with Gasteiger partial charge in [0, 0.05) is 64.1 Å². The molecule has 0 aliphatic carbocycles. The molecule has 1 fully saturated rings. The highest BCUT2D eigenvalue weighted by molar-refractivity contribution is 5.98. The molecule has 1 saturated heterocycles. The smallest absolute Gasteiger partial charge is 0.330 e. The molecule has 1 aromatic heterocycles. The predicted molar refractivity (Wildman–Crippen MR) is 112 cm³/mol. The minimum absolute atomic E-state index is 0.0383. The fourth-order valence-electron chi connectivity index (χ4n) is 3.77. The third-order valence-electron chi connectivity index (χ3n) is 5.67. The first-order valence-electron chi connectivity index (χ1n) is 9.70. The van der Waals surface area contributed by atoms with Crippen LogP contribution in [0.15, 0.2) is 58.1 Å². The Bertz CT molecular complexity index is 1190. The minimum Gasteiger partial charge on any atom is -0.336 e. The maximum Gasteiger partial charge on any atom is 0.330 e. The van der Waals surface area contributed by atoms with Crippen LogP contribution in [0.1, 0.15) is 16.1 Å². The molecule has 4 rings (SSSR count). The number of amides is 1. The summed E-state index contributed by atoms with van der Waals surface area (Å²) in [6.45, 7) is 3.14. The van der Waals surface area contributed by atoms with E-state index in [0.29, 0.717) is 44.0 Å². The van der Waals surface area contributed by atoms with Crippen molar-refractivity contribution in [2.24, 2.45) is 14.1 Å². The molecule has 0 bridgehead atoms. The van der Waals surface area contributed by atoms with Gasteiger partial charge in [-0.1, -0.05) is 30.3 Å². The first-order valence-corrected chi connectivity index (χ1v) is 9.70. The molecule has 7 heteroatoms. The first kappa shape index (κ1) is 19.1. The zero-order chi connectivity index (χ0) is 20.5. The molecule has 0 N–H and O–H groups in total. The Kier molecular flexibility index (Phi) is 5.07. The molecule has 29 heavy (non-hydrogen) atoms. The molecule has 0 radical (unpaired) electrons. The quantitative estimate of drug-likeness (QED) is 0.672. The maximum absolute atomic E-state index is 12.9. The molecule has 3 aromatic rings. The fraction of sp³-hybridized carbons (Fsp3) is 0.318. The van der Waals surface area contributed by atoms with E-state index in [-0.39, 0.29) is 17.2 Å². The molecule has 1 aliphatic heterocycles. The largest absolute Gasteiger partial charge is 0.336 e. The molecule has 2 heterocycles. The van der Waals surface area contributed by atoms with E-state index in [1.807, 2.05) is 47.4 Å². The van der Waals surface area contributed by atoms with Crippen LogP contribution in [0.5, 0.6) is 0 Å². The van der Waals surface area contributed by atoms with E-state index in [1.165, 1.54) is 17.7 Å².